The number of hydrogen-bond donors (Lipinski definition) is 0. The molecule has 0 amide bonds. The zero-order valence-corrected chi connectivity index (χ0v) is 11.4. The molecule has 0 aliphatic rings. The molecule has 0 fully saturated rings. The molecule has 0 aliphatic carbocycles. The molecule has 0 radical (unpaired) electrons. The largest absolute Gasteiger partial charge is 0.457 e. The molecule has 0 saturated carbocycles. The highest BCUT2D eigenvalue weighted by Crippen LogP contribution is 2.28. The van der Waals surface area contributed by atoms with Crippen LogP contribution in [0.2, 0.25) is 5.02 Å². The van der Waals surface area contributed by atoms with Crippen LogP contribution in [-0.4, -0.2) is 0 Å². The number of halogens is 1. The lowest BCUT2D eigenvalue weighted by Crippen LogP contribution is -1.91. The summed E-state index contributed by atoms with van der Waals surface area (Å²) < 4.78 is 5.76. The summed E-state index contributed by atoms with van der Waals surface area (Å²) in [7, 11) is 0. The van der Waals surface area contributed by atoms with Crippen molar-refractivity contribution in [2.24, 2.45) is 0 Å². The molecule has 0 atom stereocenters. The van der Waals surface area contributed by atoms with Crippen LogP contribution in [0.5, 0.6) is 11.5 Å². The van der Waals surface area contributed by atoms with E-state index in [1.165, 1.54) is 0 Å². The van der Waals surface area contributed by atoms with E-state index >= 15 is 0 Å². The van der Waals surface area contributed by atoms with Crippen LogP contribution in [0.1, 0.15) is 11.1 Å². The van der Waals surface area contributed by atoms with Crippen LogP contribution in [0, 0.1) is 22.7 Å². The first-order valence-corrected chi connectivity index (χ1v) is 6.40. The number of benzene rings is 2. The van der Waals surface area contributed by atoms with Crippen molar-refractivity contribution in [3.8, 4) is 23.6 Å². The fraction of sp³-hybridized carbons (Fsp3) is 0.125. The Morgan fingerprint density at radius 1 is 0.950 bits per heavy atom. The van der Waals surface area contributed by atoms with Crippen LogP contribution >= 0.6 is 11.6 Å². The van der Waals surface area contributed by atoms with Gasteiger partial charge in [-0.15, -0.1) is 0 Å². The van der Waals surface area contributed by atoms with E-state index in [-0.39, 0.29) is 6.42 Å². The summed E-state index contributed by atoms with van der Waals surface area (Å²) in [5.41, 5.74) is 1.69. The fourth-order valence-electron chi connectivity index (χ4n) is 1.76. The second kappa shape index (κ2) is 6.61. The fourth-order valence-corrected chi connectivity index (χ4v) is 1.96. The third-order valence-electron chi connectivity index (χ3n) is 2.73. The van der Waals surface area contributed by atoms with Crippen LogP contribution < -0.4 is 4.74 Å². The second-order valence-corrected chi connectivity index (χ2v) is 4.60. The Morgan fingerprint density at radius 2 is 1.65 bits per heavy atom. The molecule has 2 aromatic carbocycles. The topological polar surface area (TPSA) is 56.8 Å². The molecule has 0 heterocycles. The molecule has 0 saturated heterocycles. The first kappa shape index (κ1) is 13.9. The molecule has 0 bridgehead atoms. The minimum Gasteiger partial charge on any atom is -0.457 e. The molecule has 20 heavy (non-hydrogen) atoms. The molecular formula is C16H11ClN2O. The van der Waals surface area contributed by atoms with Gasteiger partial charge in [0, 0.05) is 10.6 Å². The smallest absolute Gasteiger partial charge is 0.131 e. The van der Waals surface area contributed by atoms with Gasteiger partial charge in [0.15, 0.2) is 0 Å². The van der Waals surface area contributed by atoms with Crippen molar-refractivity contribution in [1.82, 2.24) is 0 Å². The Kier molecular flexibility index (Phi) is 4.60. The molecular weight excluding hydrogens is 272 g/mol. The van der Waals surface area contributed by atoms with Crippen LogP contribution in [0.4, 0.5) is 0 Å². The van der Waals surface area contributed by atoms with Gasteiger partial charge in [-0.2, -0.15) is 10.5 Å². The summed E-state index contributed by atoms with van der Waals surface area (Å²) in [6.45, 7) is 0. The van der Waals surface area contributed by atoms with Gasteiger partial charge < -0.3 is 4.74 Å². The summed E-state index contributed by atoms with van der Waals surface area (Å²) in [6.07, 6.45) is 0.614. The minimum atomic E-state index is 0.239. The van der Waals surface area contributed by atoms with E-state index in [0.717, 1.165) is 11.1 Å². The van der Waals surface area contributed by atoms with Gasteiger partial charge in [-0.25, -0.2) is 0 Å². The van der Waals surface area contributed by atoms with Crippen molar-refractivity contribution in [3.05, 3.63) is 58.6 Å². The van der Waals surface area contributed by atoms with Crippen LogP contribution in [-0.2, 0) is 12.8 Å². The molecule has 2 aromatic rings. The van der Waals surface area contributed by atoms with Gasteiger partial charge in [0.25, 0.3) is 0 Å². The Morgan fingerprint density at radius 3 is 2.30 bits per heavy atom. The third kappa shape index (κ3) is 3.51. The second-order valence-electron chi connectivity index (χ2n) is 4.17. The van der Waals surface area contributed by atoms with Gasteiger partial charge >= 0.3 is 0 Å². The van der Waals surface area contributed by atoms with Crippen molar-refractivity contribution in [1.29, 1.82) is 10.5 Å². The van der Waals surface area contributed by atoms with Gasteiger partial charge in [-0.3, -0.25) is 0 Å². The number of nitrogens with zero attached hydrogens (tertiary/aromatic N) is 2. The van der Waals surface area contributed by atoms with Gasteiger partial charge in [-0.05, 0) is 35.9 Å². The number of rotatable bonds is 4. The van der Waals surface area contributed by atoms with Crippen LogP contribution in [0.15, 0.2) is 42.5 Å². The summed E-state index contributed by atoms with van der Waals surface area (Å²) in [5, 5.41) is 18.0. The van der Waals surface area contributed by atoms with E-state index in [9.17, 15) is 0 Å². The first-order chi connectivity index (χ1) is 9.72. The molecule has 0 spiro atoms. The van der Waals surface area contributed by atoms with Crippen molar-refractivity contribution >= 4 is 11.6 Å². The molecule has 0 N–H and O–H groups in total. The van der Waals surface area contributed by atoms with Gasteiger partial charge in [0.05, 0.1) is 25.0 Å². The molecule has 0 unspecified atom stereocenters. The quantitative estimate of drug-likeness (QED) is 0.841. The van der Waals surface area contributed by atoms with Gasteiger partial charge in [0.1, 0.15) is 11.5 Å². The summed E-state index contributed by atoms with van der Waals surface area (Å²) in [5.74, 6) is 1.28. The molecule has 2 rings (SSSR count). The van der Waals surface area contributed by atoms with E-state index in [1.54, 1.807) is 30.3 Å². The standard InChI is InChI=1S/C16H11ClN2O/c17-14-3-6-16(13(11-14)8-10-19)20-15-4-1-12(2-5-15)7-9-18/h1-6,11H,7-8H2. The number of nitriles is 2. The number of ether oxygens (including phenoxy) is 1. The summed E-state index contributed by atoms with van der Waals surface area (Å²) >= 11 is 5.92. The zero-order chi connectivity index (χ0) is 14.4. The van der Waals surface area contributed by atoms with Gasteiger partial charge in [-0.1, -0.05) is 23.7 Å². The van der Waals surface area contributed by atoms with E-state index < -0.39 is 0 Å². The molecule has 4 heteroatoms. The molecule has 0 aliphatic heterocycles. The lowest BCUT2D eigenvalue weighted by Gasteiger charge is -2.10. The Labute approximate surface area is 122 Å². The summed E-state index contributed by atoms with van der Waals surface area (Å²) in [6, 6.07) is 16.7. The lowest BCUT2D eigenvalue weighted by molar-refractivity contribution is 0.477. The van der Waals surface area contributed by atoms with E-state index in [4.69, 9.17) is 26.9 Å². The normalized spacial score (nSPS) is 9.55. The zero-order valence-electron chi connectivity index (χ0n) is 10.6. The highest BCUT2D eigenvalue weighted by molar-refractivity contribution is 6.30. The van der Waals surface area contributed by atoms with E-state index in [1.807, 2.05) is 12.1 Å². The van der Waals surface area contributed by atoms with Gasteiger partial charge in [0.2, 0.25) is 0 Å². The van der Waals surface area contributed by atoms with E-state index in [2.05, 4.69) is 12.1 Å². The first-order valence-electron chi connectivity index (χ1n) is 6.02. The average molecular weight is 283 g/mol. The van der Waals surface area contributed by atoms with Crippen LogP contribution in [0.3, 0.4) is 0 Å². The highest BCUT2D eigenvalue weighted by atomic mass is 35.5. The highest BCUT2D eigenvalue weighted by Gasteiger charge is 2.06. The van der Waals surface area contributed by atoms with Crippen molar-refractivity contribution in [2.75, 3.05) is 0 Å². The maximum atomic E-state index is 8.82. The van der Waals surface area contributed by atoms with E-state index in [0.29, 0.717) is 22.9 Å². The predicted molar refractivity (Wildman–Crippen MR) is 76.6 cm³/mol. The number of hydrogen-bond acceptors (Lipinski definition) is 3. The SMILES string of the molecule is N#CCc1ccc(Oc2ccc(Cl)cc2CC#N)cc1. The molecule has 0 aromatic heterocycles. The minimum absolute atomic E-state index is 0.239. The monoisotopic (exact) mass is 282 g/mol. The Bertz CT molecular complexity index is 681. The van der Waals surface area contributed by atoms with Crippen LogP contribution in [0.25, 0.3) is 0 Å². The maximum Gasteiger partial charge on any atom is 0.131 e. The Hall–Kier alpha value is -2.49. The third-order valence-corrected chi connectivity index (χ3v) is 2.96. The van der Waals surface area contributed by atoms with Crippen molar-refractivity contribution in [3.63, 3.8) is 0 Å². The lowest BCUT2D eigenvalue weighted by atomic mass is 10.1. The van der Waals surface area contributed by atoms with Crippen molar-refractivity contribution < 1.29 is 4.74 Å². The summed E-state index contributed by atoms with van der Waals surface area (Å²) in [4.78, 5) is 0. The Balaban J connectivity index is 2.21. The van der Waals surface area contributed by atoms with Crippen molar-refractivity contribution in [2.45, 2.75) is 12.8 Å². The molecule has 3 nitrogen and oxygen atoms in total. The maximum absolute atomic E-state index is 8.82. The molecule has 98 valence electrons. The predicted octanol–water partition coefficient (Wildman–Crippen LogP) is 4.26. The average Bonchev–Trinajstić information content (AvgIpc) is 2.44.